The van der Waals surface area contributed by atoms with Gasteiger partial charge in [-0.3, -0.25) is 0 Å². The lowest BCUT2D eigenvalue weighted by Crippen LogP contribution is -2.00. The third-order valence-electron chi connectivity index (χ3n) is 4.22. The average Bonchev–Trinajstić information content (AvgIpc) is 2.58. The Balaban J connectivity index is 1.96. The van der Waals surface area contributed by atoms with Crippen LogP contribution < -0.4 is 0 Å². The van der Waals surface area contributed by atoms with Crippen molar-refractivity contribution in [2.75, 3.05) is 5.75 Å². The van der Waals surface area contributed by atoms with Crippen LogP contribution in [0.5, 0.6) is 0 Å². The van der Waals surface area contributed by atoms with E-state index in [1.807, 2.05) is 23.5 Å². The standard InChI is InChI=1S/C21H34S3/c1-3-4-5-6-7-8-9-11-14-19(2)24-21(22)23-18-17-20-15-12-10-13-16-20/h10,12-13,15-16,19H,3-9,11,14,17-18H2,1-2H3. The van der Waals surface area contributed by atoms with E-state index in [-0.39, 0.29) is 0 Å². The molecule has 0 spiro atoms. The van der Waals surface area contributed by atoms with E-state index in [2.05, 4.69) is 44.2 Å². The van der Waals surface area contributed by atoms with Gasteiger partial charge in [-0.2, -0.15) is 0 Å². The highest BCUT2D eigenvalue weighted by atomic mass is 32.2. The van der Waals surface area contributed by atoms with E-state index in [0.717, 1.165) is 15.7 Å². The van der Waals surface area contributed by atoms with Gasteiger partial charge in [-0.15, -0.1) is 23.5 Å². The molecule has 0 bridgehead atoms. The van der Waals surface area contributed by atoms with Crippen LogP contribution >= 0.6 is 35.7 Å². The lowest BCUT2D eigenvalue weighted by Gasteiger charge is -2.11. The number of rotatable bonds is 13. The minimum Gasteiger partial charge on any atom is -0.107 e. The summed E-state index contributed by atoms with van der Waals surface area (Å²) in [6, 6.07) is 10.7. The van der Waals surface area contributed by atoms with Gasteiger partial charge in [0.25, 0.3) is 0 Å². The molecule has 0 radical (unpaired) electrons. The number of hydrogen-bond acceptors (Lipinski definition) is 3. The summed E-state index contributed by atoms with van der Waals surface area (Å²) in [6.45, 7) is 4.61. The summed E-state index contributed by atoms with van der Waals surface area (Å²) in [5, 5.41) is 0.668. The van der Waals surface area contributed by atoms with Gasteiger partial charge in [0.2, 0.25) is 0 Å². The maximum absolute atomic E-state index is 5.53. The van der Waals surface area contributed by atoms with E-state index in [0.29, 0.717) is 5.25 Å². The molecule has 1 aromatic rings. The fourth-order valence-electron chi connectivity index (χ4n) is 2.72. The number of aryl methyl sites for hydroxylation is 1. The largest absolute Gasteiger partial charge is 0.107 e. The zero-order valence-corrected chi connectivity index (χ0v) is 17.9. The highest BCUT2D eigenvalue weighted by Crippen LogP contribution is 2.26. The van der Waals surface area contributed by atoms with Gasteiger partial charge in [0.1, 0.15) is 3.53 Å². The molecule has 0 N–H and O–H groups in total. The van der Waals surface area contributed by atoms with Crippen LogP contribution in [0.4, 0.5) is 0 Å². The van der Waals surface area contributed by atoms with E-state index < -0.39 is 0 Å². The van der Waals surface area contributed by atoms with Crippen molar-refractivity contribution in [1.82, 2.24) is 0 Å². The highest BCUT2D eigenvalue weighted by molar-refractivity contribution is 8.47. The van der Waals surface area contributed by atoms with E-state index in [1.54, 1.807) is 0 Å². The third-order valence-corrected chi connectivity index (χ3v) is 6.97. The van der Waals surface area contributed by atoms with Crippen LogP contribution in [-0.2, 0) is 6.42 Å². The second kappa shape index (κ2) is 15.3. The molecule has 0 aliphatic carbocycles. The van der Waals surface area contributed by atoms with Crippen molar-refractivity contribution in [1.29, 1.82) is 0 Å². The van der Waals surface area contributed by atoms with Crippen molar-refractivity contribution in [3.8, 4) is 0 Å². The molecule has 0 heterocycles. The van der Waals surface area contributed by atoms with Gasteiger partial charge in [-0.05, 0) is 18.4 Å². The molecule has 1 rings (SSSR count). The summed E-state index contributed by atoms with van der Waals surface area (Å²) in [4.78, 5) is 0. The SMILES string of the molecule is CCCCCCCCCCC(C)SC(=S)SCCc1ccccc1. The summed E-state index contributed by atoms with van der Waals surface area (Å²) in [6.07, 6.45) is 13.6. The number of thiocarbonyl (C=S) groups is 1. The molecule has 1 aromatic carbocycles. The molecule has 0 aliphatic heterocycles. The zero-order chi connectivity index (χ0) is 17.5. The first-order valence-corrected chi connectivity index (χ1v) is 11.9. The van der Waals surface area contributed by atoms with Gasteiger partial charge in [-0.1, -0.05) is 108 Å². The molecule has 136 valence electrons. The Hall–Kier alpha value is 0.01000. The molecule has 0 saturated heterocycles. The first kappa shape index (κ1) is 22.1. The smallest absolute Gasteiger partial charge is 0.104 e. The Morgan fingerprint density at radius 3 is 2.25 bits per heavy atom. The zero-order valence-electron chi connectivity index (χ0n) is 15.5. The first-order chi connectivity index (χ1) is 11.7. The van der Waals surface area contributed by atoms with Crippen LogP contribution in [0, 0.1) is 0 Å². The predicted octanol–water partition coefficient (Wildman–Crippen LogP) is 7.90. The van der Waals surface area contributed by atoms with Crippen molar-refractivity contribution in [3.05, 3.63) is 35.9 Å². The second-order valence-electron chi connectivity index (χ2n) is 6.53. The Bertz CT molecular complexity index is 416. The number of unbranched alkanes of at least 4 members (excludes halogenated alkanes) is 7. The fraction of sp³-hybridized carbons (Fsp3) is 0.667. The van der Waals surface area contributed by atoms with Crippen molar-refractivity contribution >= 4 is 39.3 Å². The molecular formula is C21H34S3. The third kappa shape index (κ3) is 12.4. The van der Waals surface area contributed by atoms with Crippen LogP contribution in [0.2, 0.25) is 0 Å². The molecule has 1 unspecified atom stereocenters. The second-order valence-corrected chi connectivity index (χ2v) is 10.3. The molecule has 0 amide bonds. The normalized spacial score (nSPS) is 12.2. The Morgan fingerprint density at radius 1 is 0.958 bits per heavy atom. The maximum Gasteiger partial charge on any atom is 0.104 e. The average molecular weight is 383 g/mol. The molecule has 0 saturated carbocycles. The van der Waals surface area contributed by atoms with E-state index in [4.69, 9.17) is 12.2 Å². The highest BCUT2D eigenvalue weighted by Gasteiger charge is 2.07. The van der Waals surface area contributed by atoms with Crippen LogP contribution in [0.25, 0.3) is 0 Å². The summed E-state index contributed by atoms with van der Waals surface area (Å²) in [7, 11) is 0. The van der Waals surface area contributed by atoms with Crippen molar-refractivity contribution in [2.45, 2.75) is 83.3 Å². The van der Waals surface area contributed by atoms with Gasteiger partial charge >= 0.3 is 0 Å². The molecule has 0 aromatic heterocycles. The number of benzene rings is 1. The van der Waals surface area contributed by atoms with Gasteiger partial charge in [-0.25, -0.2) is 0 Å². The molecule has 1 atom stereocenters. The molecule has 0 nitrogen and oxygen atoms in total. The van der Waals surface area contributed by atoms with E-state index in [1.165, 1.54) is 63.4 Å². The van der Waals surface area contributed by atoms with Crippen molar-refractivity contribution < 1.29 is 0 Å². The molecule has 3 heteroatoms. The quantitative estimate of drug-likeness (QED) is 0.251. The lowest BCUT2D eigenvalue weighted by atomic mass is 10.1. The minimum absolute atomic E-state index is 0.668. The van der Waals surface area contributed by atoms with E-state index in [9.17, 15) is 0 Å². The summed E-state index contributed by atoms with van der Waals surface area (Å²) >= 11 is 9.29. The van der Waals surface area contributed by atoms with Gasteiger partial charge in [0.05, 0.1) is 0 Å². The monoisotopic (exact) mass is 382 g/mol. The van der Waals surface area contributed by atoms with Gasteiger partial charge in [0, 0.05) is 11.0 Å². The number of hydrogen-bond donors (Lipinski definition) is 0. The minimum atomic E-state index is 0.668. The van der Waals surface area contributed by atoms with Crippen LogP contribution in [-0.4, -0.2) is 14.5 Å². The maximum atomic E-state index is 5.53. The molecule has 24 heavy (non-hydrogen) atoms. The van der Waals surface area contributed by atoms with Gasteiger partial charge < -0.3 is 0 Å². The van der Waals surface area contributed by atoms with Crippen LogP contribution in [0.1, 0.15) is 77.2 Å². The molecule has 0 fully saturated rings. The van der Waals surface area contributed by atoms with E-state index >= 15 is 0 Å². The van der Waals surface area contributed by atoms with Crippen molar-refractivity contribution in [2.24, 2.45) is 0 Å². The Kier molecular flexibility index (Phi) is 14.0. The summed E-state index contributed by atoms with van der Waals surface area (Å²) < 4.78 is 1.12. The fourth-order valence-corrected chi connectivity index (χ4v) is 5.60. The van der Waals surface area contributed by atoms with Crippen LogP contribution in [0.15, 0.2) is 30.3 Å². The summed E-state index contributed by atoms with van der Waals surface area (Å²) in [5.74, 6) is 1.10. The molecule has 0 aliphatic rings. The van der Waals surface area contributed by atoms with Gasteiger partial charge in [0.15, 0.2) is 0 Å². The number of thioether (sulfide) groups is 2. The lowest BCUT2D eigenvalue weighted by molar-refractivity contribution is 0.564. The predicted molar refractivity (Wildman–Crippen MR) is 119 cm³/mol. The summed E-state index contributed by atoms with van der Waals surface area (Å²) in [5.41, 5.74) is 1.41. The Morgan fingerprint density at radius 2 is 1.58 bits per heavy atom. The van der Waals surface area contributed by atoms with Crippen LogP contribution in [0.3, 0.4) is 0 Å². The topological polar surface area (TPSA) is 0 Å². The van der Waals surface area contributed by atoms with Crippen molar-refractivity contribution in [3.63, 3.8) is 0 Å². The first-order valence-electron chi connectivity index (χ1n) is 9.59. The Labute approximate surface area is 164 Å². The molecular weight excluding hydrogens is 348 g/mol.